The molecule has 0 aliphatic carbocycles. The molecule has 2 N–H and O–H groups in total. The minimum Gasteiger partial charge on any atom is -0.469 e. The van der Waals surface area contributed by atoms with Crippen LogP contribution in [0, 0.1) is 0 Å². The number of carbonyl (C=O) groups is 3. The zero-order valence-corrected chi connectivity index (χ0v) is 12.9. The largest absolute Gasteiger partial charge is 0.469 e. The average molecular weight is 301 g/mol. The average Bonchev–Trinajstić information content (AvgIpc) is 2.36. The highest BCUT2D eigenvalue weighted by atomic mass is 16.6. The van der Waals surface area contributed by atoms with Crippen molar-refractivity contribution in [3.8, 4) is 0 Å². The van der Waals surface area contributed by atoms with E-state index in [1.807, 2.05) is 0 Å². The van der Waals surface area contributed by atoms with Crippen molar-refractivity contribution in [2.24, 2.45) is 5.73 Å². The third kappa shape index (κ3) is 5.13. The van der Waals surface area contributed by atoms with E-state index in [1.165, 1.54) is 16.9 Å². The number of hydrogen-bond donors (Lipinski definition) is 1. The zero-order valence-electron chi connectivity index (χ0n) is 12.9. The Balaban J connectivity index is 2.74. The van der Waals surface area contributed by atoms with Crippen LogP contribution in [0.25, 0.3) is 0 Å². The highest BCUT2D eigenvalue weighted by Gasteiger charge is 2.34. The molecule has 0 spiro atoms. The Kier molecular flexibility index (Phi) is 5.40. The molecule has 8 heteroatoms. The van der Waals surface area contributed by atoms with Gasteiger partial charge in [-0.15, -0.1) is 0 Å². The van der Waals surface area contributed by atoms with Crippen molar-refractivity contribution in [2.45, 2.75) is 38.8 Å². The van der Waals surface area contributed by atoms with E-state index in [1.54, 1.807) is 20.8 Å². The van der Waals surface area contributed by atoms with Gasteiger partial charge in [0.15, 0.2) is 0 Å². The SMILES string of the molecule is COC(=O)CC1CN(C(=O)OC(C)(C)C)CCN1C(N)=O. The minimum atomic E-state index is -0.618. The van der Waals surface area contributed by atoms with Crippen molar-refractivity contribution in [3.05, 3.63) is 0 Å². The predicted molar refractivity (Wildman–Crippen MR) is 74.5 cm³/mol. The number of urea groups is 1. The summed E-state index contributed by atoms with van der Waals surface area (Å²) in [5.74, 6) is -0.461. The highest BCUT2D eigenvalue weighted by Crippen LogP contribution is 2.17. The molecular weight excluding hydrogens is 278 g/mol. The number of nitrogens with zero attached hydrogens (tertiary/aromatic N) is 2. The molecule has 1 atom stereocenters. The molecular formula is C13H23N3O5. The summed E-state index contributed by atoms with van der Waals surface area (Å²) in [4.78, 5) is 37.7. The summed E-state index contributed by atoms with van der Waals surface area (Å²) in [5, 5.41) is 0. The van der Waals surface area contributed by atoms with Gasteiger partial charge in [0.25, 0.3) is 0 Å². The molecule has 0 radical (unpaired) electrons. The van der Waals surface area contributed by atoms with Gasteiger partial charge in [0.1, 0.15) is 5.60 Å². The van der Waals surface area contributed by atoms with Crippen LogP contribution >= 0.6 is 0 Å². The zero-order chi connectivity index (χ0) is 16.2. The Morgan fingerprint density at radius 2 is 1.86 bits per heavy atom. The number of hydrogen-bond acceptors (Lipinski definition) is 5. The van der Waals surface area contributed by atoms with Crippen molar-refractivity contribution in [3.63, 3.8) is 0 Å². The highest BCUT2D eigenvalue weighted by molar-refractivity contribution is 5.76. The van der Waals surface area contributed by atoms with Crippen LogP contribution in [0.3, 0.4) is 0 Å². The second-order valence-corrected chi connectivity index (χ2v) is 5.89. The molecule has 0 aromatic rings. The molecule has 1 fully saturated rings. The first kappa shape index (κ1) is 17.1. The van der Waals surface area contributed by atoms with Crippen LogP contribution in [0.1, 0.15) is 27.2 Å². The first-order valence-electron chi connectivity index (χ1n) is 6.75. The molecule has 8 nitrogen and oxygen atoms in total. The predicted octanol–water partition coefficient (Wildman–Crippen LogP) is 0.550. The lowest BCUT2D eigenvalue weighted by Crippen LogP contribution is -2.58. The Bertz CT molecular complexity index is 419. The molecule has 3 amide bonds. The molecule has 1 heterocycles. The summed E-state index contributed by atoms with van der Waals surface area (Å²) in [6.07, 6.45) is -0.486. The quantitative estimate of drug-likeness (QED) is 0.750. The number of rotatable bonds is 2. The molecule has 120 valence electrons. The van der Waals surface area contributed by atoms with Gasteiger partial charge >= 0.3 is 18.1 Å². The number of piperazine rings is 1. The summed E-state index contributed by atoms with van der Waals surface area (Å²) in [6, 6.07) is -1.12. The van der Waals surface area contributed by atoms with Crippen molar-refractivity contribution in [1.29, 1.82) is 0 Å². The molecule has 1 rings (SSSR count). The summed E-state index contributed by atoms with van der Waals surface area (Å²) >= 11 is 0. The van der Waals surface area contributed by atoms with E-state index in [9.17, 15) is 14.4 Å². The normalized spacial score (nSPS) is 19.1. The molecule has 0 bridgehead atoms. The summed E-state index contributed by atoms with van der Waals surface area (Å²) < 4.78 is 9.89. The lowest BCUT2D eigenvalue weighted by atomic mass is 10.1. The van der Waals surface area contributed by atoms with Crippen molar-refractivity contribution in [2.75, 3.05) is 26.7 Å². The van der Waals surface area contributed by atoms with Gasteiger partial charge in [-0.2, -0.15) is 0 Å². The Hall–Kier alpha value is -1.99. The first-order chi connectivity index (χ1) is 9.64. The van der Waals surface area contributed by atoms with Gasteiger partial charge in [0, 0.05) is 19.6 Å². The second kappa shape index (κ2) is 6.64. The van der Waals surface area contributed by atoms with Crippen LogP contribution < -0.4 is 5.73 Å². The van der Waals surface area contributed by atoms with Crippen molar-refractivity contribution >= 4 is 18.1 Å². The summed E-state index contributed by atoms with van der Waals surface area (Å²) in [7, 11) is 1.27. The van der Waals surface area contributed by atoms with Crippen molar-refractivity contribution < 1.29 is 23.9 Å². The number of primary amides is 1. The maximum absolute atomic E-state index is 12.0. The van der Waals surface area contributed by atoms with Gasteiger partial charge in [-0.1, -0.05) is 0 Å². The van der Waals surface area contributed by atoms with Crippen LogP contribution in [-0.2, 0) is 14.3 Å². The second-order valence-electron chi connectivity index (χ2n) is 5.89. The van der Waals surface area contributed by atoms with E-state index in [0.717, 1.165) is 0 Å². The van der Waals surface area contributed by atoms with Gasteiger partial charge in [-0.3, -0.25) is 4.79 Å². The van der Waals surface area contributed by atoms with E-state index in [2.05, 4.69) is 4.74 Å². The smallest absolute Gasteiger partial charge is 0.410 e. The van der Waals surface area contributed by atoms with Crippen LogP contribution in [0.2, 0.25) is 0 Å². The molecule has 1 unspecified atom stereocenters. The van der Waals surface area contributed by atoms with Crippen molar-refractivity contribution in [1.82, 2.24) is 9.80 Å². The van der Waals surface area contributed by atoms with Gasteiger partial charge in [0.2, 0.25) is 0 Å². The number of nitrogens with two attached hydrogens (primary N) is 1. The molecule has 1 saturated heterocycles. The van der Waals surface area contributed by atoms with E-state index in [0.29, 0.717) is 6.54 Å². The van der Waals surface area contributed by atoms with Crippen LogP contribution in [0.15, 0.2) is 0 Å². The number of carbonyl (C=O) groups excluding carboxylic acids is 3. The first-order valence-corrected chi connectivity index (χ1v) is 6.75. The van der Waals surface area contributed by atoms with Gasteiger partial charge < -0.3 is 25.0 Å². The molecule has 1 aliphatic rings. The Labute approximate surface area is 124 Å². The third-order valence-corrected chi connectivity index (χ3v) is 3.05. The molecule has 1 aliphatic heterocycles. The lowest BCUT2D eigenvalue weighted by Gasteiger charge is -2.40. The van der Waals surface area contributed by atoms with Crippen LogP contribution in [-0.4, -0.2) is 66.3 Å². The Morgan fingerprint density at radius 3 is 2.33 bits per heavy atom. The number of esters is 1. The van der Waals surface area contributed by atoms with E-state index >= 15 is 0 Å². The fourth-order valence-corrected chi connectivity index (χ4v) is 2.09. The Morgan fingerprint density at radius 1 is 1.24 bits per heavy atom. The van der Waals surface area contributed by atoms with Gasteiger partial charge in [-0.25, -0.2) is 9.59 Å². The topological polar surface area (TPSA) is 102 Å². The molecule has 0 aromatic heterocycles. The van der Waals surface area contributed by atoms with E-state index in [-0.39, 0.29) is 19.5 Å². The standard InChI is InChI=1S/C13H23N3O5/c1-13(2,3)21-12(19)15-5-6-16(11(14)18)9(8-15)7-10(17)20-4/h9H,5-8H2,1-4H3,(H2,14,18). The fourth-order valence-electron chi connectivity index (χ4n) is 2.09. The third-order valence-electron chi connectivity index (χ3n) is 3.05. The number of ether oxygens (including phenoxy) is 2. The van der Waals surface area contributed by atoms with Gasteiger partial charge in [0.05, 0.1) is 19.6 Å². The van der Waals surface area contributed by atoms with Crippen LogP contribution in [0.5, 0.6) is 0 Å². The number of amides is 3. The van der Waals surface area contributed by atoms with Gasteiger partial charge in [-0.05, 0) is 20.8 Å². The maximum Gasteiger partial charge on any atom is 0.410 e. The lowest BCUT2D eigenvalue weighted by molar-refractivity contribution is -0.142. The summed E-state index contributed by atoms with van der Waals surface area (Å²) in [6.45, 7) is 6.09. The van der Waals surface area contributed by atoms with Crippen LogP contribution in [0.4, 0.5) is 9.59 Å². The maximum atomic E-state index is 12.0. The monoisotopic (exact) mass is 301 g/mol. The van der Waals surface area contributed by atoms with E-state index in [4.69, 9.17) is 10.5 Å². The number of methoxy groups -OCH3 is 1. The molecule has 21 heavy (non-hydrogen) atoms. The minimum absolute atomic E-state index is 0.0151. The fraction of sp³-hybridized carbons (Fsp3) is 0.769. The molecule has 0 saturated carbocycles. The van der Waals surface area contributed by atoms with E-state index < -0.39 is 29.7 Å². The molecule has 0 aromatic carbocycles. The summed E-state index contributed by atoms with van der Waals surface area (Å²) in [5.41, 5.74) is 4.70.